The van der Waals surface area contributed by atoms with Gasteiger partial charge in [-0.05, 0) is 55.7 Å². The van der Waals surface area contributed by atoms with Crippen molar-refractivity contribution in [2.45, 2.75) is 64.5 Å². The third kappa shape index (κ3) is 2.77. The van der Waals surface area contributed by atoms with Gasteiger partial charge in [-0.1, -0.05) is 37.5 Å². The second-order valence-electron chi connectivity index (χ2n) is 6.64. The van der Waals surface area contributed by atoms with Crippen LogP contribution >= 0.6 is 0 Å². The summed E-state index contributed by atoms with van der Waals surface area (Å²) in [6.07, 6.45) is 5.93. The largest absolute Gasteiger partial charge is 0.302 e. The molecule has 0 aliphatic heterocycles. The van der Waals surface area contributed by atoms with Crippen molar-refractivity contribution >= 4 is 0 Å². The number of nitrogens with zero attached hydrogens (tertiary/aromatic N) is 4. The van der Waals surface area contributed by atoms with Gasteiger partial charge in [-0.15, -0.1) is 5.10 Å². The van der Waals surface area contributed by atoms with Gasteiger partial charge in [-0.25, -0.2) is 0 Å². The van der Waals surface area contributed by atoms with Gasteiger partial charge >= 0.3 is 0 Å². The van der Waals surface area contributed by atoms with Crippen LogP contribution in [0.1, 0.15) is 57.3 Å². The fourth-order valence-corrected chi connectivity index (χ4v) is 3.59. The zero-order valence-corrected chi connectivity index (χ0v) is 13.7. The number of rotatable bonds is 4. The summed E-state index contributed by atoms with van der Waals surface area (Å²) in [4.78, 5) is 0. The highest BCUT2D eigenvalue weighted by molar-refractivity contribution is 5.40. The minimum atomic E-state index is -0.113. The molecule has 0 atom stereocenters. The summed E-state index contributed by atoms with van der Waals surface area (Å²) >= 11 is 0. The third-order valence-corrected chi connectivity index (χ3v) is 4.51. The SMILES string of the molecule is Cc1ccccc1-n1nnnc1C1(NC(C)C)CCCCC1. The van der Waals surface area contributed by atoms with Gasteiger partial charge in [0.1, 0.15) is 0 Å². The van der Waals surface area contributed by atoms with Crippen molar-refractivity contribution in [2.75, 3.05) is 0 Å². The molecule has 1 heterocycles. The quantitative estimate of drug-likeness (QED) is 0.942. The maximum absolute atomic E-state index is 4.42. The maximum Gasteiger partial charge on any atom is 0.176 e. The molecular weight excluding hydrogens is 274 g/mol. The molecule has 1 aliphatic carbocycles. The highest BCUT2D eigenvalue weighted by atomic mass is 15.6. The molecule has 0 bridgehead atoms. The van der Waals surface area contributed by atoms with Crippen LogP contribution < -0.4 is 5.32 Å². The summed E-state index contributed by atoms with van der Waals surface area (Å²) in [7, 11) is 0. The van der Waals surface area contributed by atoms with E-state index in [1.165, 1.54) is 24.8 Å². The van der Waals surface area contributed by atoms with E-state index < -0.39 is 0 Å². The Morgan fingerprint density at radius 3 is 2.55 bits per heavy atom. The first-order chi connectivity index (χ1) is 10.6. The van der Waals surface area contributed by atoms with Crippen LogP contribution in [0.4, 0.5) is 0 Å². The highest BCUT2D eigenvalue weighted by Gasteiger charge is 2.39. The molecule has 1 aromatic carbocycles. The van der Waals surface area contributed by atoms with Gasteiger partial charge in [0.05, 0.1) is 11.2 Å². The first-order valence-electron chi connectivity index (χ1n) is 8.25. The molecule has 0 saturated heterocycles. The van der Waals surface area contributed by atoms with Crippen molar-refractivity contribution in [2.24, 2.45) is 0 Å². The number of tetrazole rings is 1. The van der Waals surface area contributed by atoms with Crippen LogP contribution in [0.25, 0.3) is 5.69 Å². The summed E-state index contributed by atoms with van der Waals surface area (Å²) in [5.74, 6) is 0.954. The van der Waals surface area contributed by atoms with E-state index in [0.29, 0.717) is 6.04 Å². The average Bonchev–Trinajstić information content (AvgIpc) is 2.98. The molecule has 0 unspecified atom stereocenters. The molecule has 0 spiro atoms. The summed E-state index contributed by atoms with van der Waals surface area (Å²) < 4.78 is 1.93. The van der Waals surface area contributed by atoms with Crippen LogP contribution in [-0.4, -0.2) is 26.2 Å². The summed E-state index contributed by atoms with van der Waals surface area (Å²) in [5, 5.41) is 16.5. The first-order valence-corrected chi connectivity index (χ1v) is 8.25. The van der Waals surface area contributed by atoms with Gasteiger partial charge < -0.3 is 5.32 Å². The van der Waals surface area contributed by atoms with Crippen molar-refractivity contribution < 1.29 is 0 Å². The summed E-state index contributed by atoms with van der Waals surface area (Å²) in [6.45, 7) is 6.49. The molecule has 118 valence electrons. The van der Waals surface area contributed by atoms with Gasteiger partial charge in [0, 0.05) is 6.04 Å². The Kier molecular flexibility index (Phi) is 4.25. The Hall–Kier alpha value is -1.75. The van der Waals surface area contributed by atoms with E-state index in [9.17, 15) is 0 Å². The van der Waals surface area contributed by atoms with E-state index in [1.54, 1.807) is 0 Å². The van der Waals surface area contributed by atoms with Gasteiger partial charge in [0.15, 0.2) is 5.82 Å². The number of aromatic nitrogens is 4. The number of hydrogen-bond acceptors (Lipinski definition) is 4. The average molecular weight is 299 g/mol. The Morgan fingerprint density at radius 2 is 1.86 bits per heavy atom. The molecule has 2 aromatic rings. The Bertz CT molecular complexity index is 625. The third-order valence-electron chi connectivity index (χ3n) is 4.51. The molecule has 0 amide bonds. The molecule has 1 saturated carbocycles. The van der Waals surface area contributed by atoms with E-state index in [0.717, 1.165) is 24.4 Å². The van der Waals surface area contributed by atoms with Crippen molar-refractivity contribution in [3.63, 3.8) is 0 Å². The van der Waals surface area contributed by atoms with Gasteiger partial charge in [-0.3, -0.25) is 0 Å². The number of aryl methyl sites for hydroxylation is 1. The topological polar surface area (TPSA) is 55.6 Å². The first kappa shape index (κ1) is 15.2. The van der Waals surface area contributed by atoms with Crippen LogP contribution in [-0.2, 0) is 5.54 Å². The van der Waals surface area contributed by atoms with Crippen LogP contribution in [0, 0.1) is 6.92 Å². The highest BCUT2D eigenvalue weighted by Crippen LogP contribution is 2.37. The zero-order valence-electron chi connectivity index (χ0n) is 13.7. The molecule has 5 heteroatoms. The van der Waals surface area contributed by atoms with Gasteiger partial charge in [-0.2, -0.15) is 4.68 Å². The van der Waals surface area contributed by atoms with E-state index in [4.69, 9.17) is 0 Å². The second kappa shape index (κ2) is 6.16. The normalized spacial score (nSPS) is 17.8. The predicted molar refractivity (Wildman–Crippen MR) is 86.9 cm³/mol. The lowest BCUT2D eigenvalue weighted by atomic mass is 9.80. The minimum Gasteiger partial charge on any atom is -0.302 e. The molecular formula is C17H25N5. The van der Waals surface area contributed by atoms with Crippen molar-refractivity contribution in [3.8, 4) is 5.69 Å². The molecule has 5 nitrogen and oxygen atoms in total. The van der Waals surface area contributed by atoms with Crippen molar-refractivity contribution in [3.05, 3.63) is 35.7 Å². The van der Waals surface area contributed by atoms with Crippen LogP contribution in [0.3, 0.4) is 0 Å². The number of hydrogen-bond donors (Lipinski definition) is 1. The van der Waals surface area contributed by atoms with Crippen LogP contribution in [0.5, 0.6) is 0 Å². The lowest BCUT2D eigenvalue weighted by Gasteiger charge is -2.38. The Labute approximate surface area is 132 Å². The Balaban J connectivity index is 2.07. The number of para-hydroxylation sites is 1. The zero-order chi connectivity index (χ0) is 15.6. The lowest BCUT2D eigenvalue weighted by Crippen LogP contribution is -2.49. The molecule has 1 N–H and O–H groups in total. The van der Waals surface area contributed by atoms with Gasteiger partial charge in [0.25, 0.3) is 0 Å². The molecule has 1 fully saturated rings. The van der Waals surface area contributed by atoms with Gasteiger partial charge in [0.2, 0.25) is 0 Å². The molecule has 1 aromatic heterocycles. The molecule has 1 aliphatic rings. The predicted octanol–water partition coefficient (Wildman–Crippen LogP) is 3.13. The Morgan fingerprint density at radius 1 is 1.14 bits per heavy atom. The van der Waals surface area contributed by atoms with Crippen LogP contribution in [0.15, 0.2) is 24.3 Å². The standard InChI is InChI=1S/C17H25N5/c1-13(2)18-17(11-7-4-8-12-17)16-19-20-21-22(16)15-10-6-5-9-14(15)3/h5-6,9-10,13,18H,4,7-8,11-12H2,1-3H3. The molecule has 3 rings (SSSR count). The number of benzene rings is 1. The molecule has 0 radical (unpaired) electrons. The maximum atomic E-state index is 4.42. The van der Waals surface area contributed by atoms with E-state index in [2.05, 4.69) is 53.7 Å². The summed E-state index contributed by atoms with van der Waals surface area (Å²) in [6, 6.07) is 8.67. The van der Waals surface area contributed by atoms with E-state index in [-0.39, 0.29) is 5.54 Å². The van der Waals surface area contributed by atoms with E-state index >= 15 is 0 Å². The fourth-order valence-electron chi connectivity index (χ4n) is 3.59. The van der Waals surface area contributed by atoms with Crippen molar-refractivity contribution in [1.29, 1.82) is 0 Å². The molecule has 22 heavy (non-hydrogen) atoms. The lowest BCUT2D eigenvalue weighted by molar-refractivity contribution is 0.201. The number of nitrogens with one attached hydrogen (secondary N) is 1. The van der Waals surface area contributed by atoms with Crippen LogP contribution in [0.2, 0.25) is 0 Å². The second-order valence-corrected chi connectivity index (χ2v) is 6.64. The van der Waals surface area contributed by atoms with E-state index in [1.807, 2.05) is 16.8 Å². The van der Waals surface area contributed by atoms with Crippen molar-refractivity contribution in [1.82, 2.24) is 25.5 Å². The smallest absolute Gasteiger partial charge is 0.176 e. The monoisotopic (exact) mass is 299 g/mol. The minimum absolute atomic E-state index is 0.113. The summed E-state index contributed by atoms with van der Waals surface area (Å²) in [5.41, 5.74) is 2.14. The fraction of sp³-hybridized carbons (Fsp3) is 0.588.